The summed E-state index contributed by atoms with van der Waals surface area (Å²) in [5, 5.41) is 9.35. The topological polar surface area (TPSA) is 83.0 Å². The lowest BCUT2D eigenvalue weighted by Gasteiger charge is -2.18. The van der Waals surface area contributed by atoms with Crippen LogP contribution in [0.3, 0.4) is 0 Å². The van der Waals surface area contributed by atoms with Gasteiger partial charge in [-0.1, -0.05) is 6.92 Å². The smallest absolute Gasteiger partial charge is 0.231 e. The molecule has 144 valence electrons. The SMILES string of the molecule is CCc1nc2cnc(Br)cn2c1N(C)c1nccc(-c2ccc(F)cc2C#N)n1. The van der Waals surface area contributed by atoms with E-state index >= 15 is 0 Å². The normalized spacial score (nSPS) is 10.9. The van der Waals surface area contributed by atoms with E-state index in [1.54, 1.807) is 24.5 Å². The molecule has 0 aliphatic rings. The molecule has 0 unspecified atom stereocenters. The molecule has 0 aliphatic carbocycles. The number of fused-ring (bicyclic) bond motifs is 1. The first-order valence-corrected chi connectivity index (χ1v) is 9.60. The van der Waals surface area contributed by atoms with Crippen molar-refractivity contribution in [3.8, 4) is 17.3 Å². The average Bonchev–Trinajstić information content (AvgIpc) is 3.10. The average molecular weight is 452 g/mol. The fourth-order valence-electron chi connectivity index (χ4n) is 3.15. The van der Waals surface area contributed by atoms with Crippen molar-refractivity contribution in [2.75, 3.05) is 11.9 Å². The maximum Gasteiger partial charge on any atom is 0.231 e. The van der Waals surface area contributed by atoms with E-state index in [9.17, 15) is 9.65 Å². The fraction of sp³-hybridized carbons (Fsp3) is 0.150. The first kappa shape index (κ1) is 19.0. The molecule has 3 heterocycles. The molecule has 0 spiro atoms. The summed E-state index contributed by atoms with van der Waals surface area (Å²) in [5.74, 6) is 0.789. The molecule has 0 radical (unpaired) electrons. The van der Waals surface area contributed by atoms with Gasteiger partial charge in [0.05, 0.1) is 29.2 Å². The monoisotopic (exact) mass is 451 g/mol. The summed E-state index contributed by atoms with van der Waals surface area (Å²) in [4.78, 5) is 19.7. The van der Waals surface area contributed by atoms with Crippen molar-refractivity contribution in [3.63, 3.8) is 0 Å². The molecule has 0 saturated heterocycles. The number of anilines is 2. The van der Waals surface area contributed by atoms with E-state index in [1.165, 1.54) is 12.1 Å². The van der Waals surface area contributed by atoms with Gasteiger partial charge in [-0.05, 0) is 46.6 Å². The van der Waals surface area contributed by atoms with Crippen LogP contribution in [0.1, 0.15) is 18.2 Å². The van der Waals surface area contributed by atoms with Crippen LogP contribution in [0.25, 0.3) is 16.9 Å². The number of aromatic nitrogens is 5. The van der Waals surface area contributed by atoms with Gasteiger partial charge in [-0.15, -0.1) is 0 Å². The summed E-state index contributed by atoms with van der Waals surface area (Å²) in [5.41, 5.74) is 2.89. The van der Waals surface area contributed by atoms with Crippen molar-refractivity contribution < 1.29 is 4.39 Å². The van der Waals surface area contributed by atoms with Gasteiger partial charge in [0, 0.05) is 25.0 Å². The second-order valence-corrected chi connectivity index (χ2v) is 7.09. The van der Waals surface area contributed by atoms with Crippen molar-refractivity contribution in [2.24, 2.45) is 0 Å². The first-order chi connectivity index (χ1) is 14.0. The molecule has 0 amide bonds. The van der Waals surface area contributed by atoms with E-state index in [0.29, 0.717) is 27.5 Å². The van der Waals surface area contributed by atoms with Crippen molar-refractivity contribution in [2.45, 2.75) is 13.3 Å². The molecule has 1 aromatic carbocycles. The number of halogens is 2. The standard InChI is InChI=1S/C20H15BrFN7/c1-3-15-19(29-11-17(21)25-10-18(29)26-15)28(2)20-24-7-6-16(27-20)14-5-4-13(22)8-12(14)9-23/h4-8,10-11H,3H2,1-2H3. The highest BCUT2D eigenvalue weighted by Crippen LogP contribution is 2.29. The van der Waals surface area contributed by atoms with Gasteiger partial charge in [0.2, 0.25) is 5.95 Å². The first-order valence-electron chi connectivity index (χ1n) is 8.81. The van der Waals surface area contributed by atoms with Gasteiger partial charge in [-0.25, -0.2) is 24.3 Å². The van der Waals surface area contributed by atoms with Crippen LogP contribution in [0, 0.1) is 17.1 Å². The Morgan fingerprint density at radius 2 is 2.07 bits per heavy atom. The zero-order chi connectivity index (χ0) is 20.5. The lowest BCUT2D eigenvalue weighted by Crippen LogP contribution is -2.17. The molecule has 0 bridgehead atoms. The Morgan fingerprint density at radius 1 is 1.24 bits per heavy atom. The molecule has 0 N–H and O–H groups in total. The Hall–Kier alpha value is -3.38. The van der Waals surface area contributed by atoms with Crippen LogP contribution in [-0.2, 0) is 6.42 Å². The largest absolute Gasteiger partial charge is 0.298 e. The van der Waals surface area contributed by atoms with Crippen molar-refractivity contribution in [1.29, 1.82) is 5.26 Å². The minimum Gasteiger partial charge on any atom is -0.298 e. The molecule has 0 atom stereocenters. The van der Waals surface area contributed by atoms with Gasteiger partial charge < -0.3 is 0 Å². The maximum absolute atomic E-state index is 13.5. The third-order valence-corrected chi connectivity index (χ3v) is 4.90. The summed E-state index contributed by atoms with van der Waals surface area (Å²) in [7, 11) is 1.85. The molecule has 0 saturated carbocycles. The van der Waals surface area contributed by atoms with Crippen LogP contribution in [0.5, 0.6) is 0 Å². The zero-order valence-corrected chi connectivity index (χ0v) is 17.2. The van der Waals surface area contributed by atoms with Gasteiger partial charge >= 0.3 is 0 Å². The third kappa shape index (κ3) is 3.43. The molecule has 0 aliphatic heterocycles. The number of imidazole rings is 1. The number of benzene rings is 1. The lowest BCUT2D eigenvalue weighted by atomic mass is 10.1. The van der Waals surface area contributed by atoms with Gasteiger partial charge in [-0.2, -0.15) is 5.26 Å². The van der Waals surface area contributed by atoms with Crippen LogP contribution in [0.15, 0.2) is 47.5 Å². The molecule has 3 aromatic heterocycles. The van der Waals surface area contributed by atoms with Crippen LogP contribution in [-0.4, -0.2) is 31.4 Å². The summed E-state index contributed by atoms with van der Waals surface area (Å²) in [6, 6.07) is 7.78. The third-order valence-electron chi connectivity index (χ3n) is 4.50. The molecule has 0 fully saturated rings. The number of hydrogen-bond acceptors (Lipinski definition) is 6. The van der Waals surface area contributed by atoms with E-state index in [1.807, 2.05) is 35.5 Å². The minimum atomic E-state index is -0.464. The van der Waals surface area contributed by atoms with Crippen molar-refractivity contribution >= 4 is 33.3 Å². The molecule has 29 heavy (non-hydrogen) atoms. The highest BCUT2D eigenvalue weighted by molar-refractivity contribution is 9.10. The van der Waals surface area contributed by atoms with Gasteiger partial charge in [0.25, 0.3) is 0 Å². The Balaban J connectivity index is 1.83. The molecule has 4 aromatic rings. The second-order valence-electron chi connectivity index (χ2n) is 6.28. The molecule has 7 nitrogen and oxygen atoms in total. The fourth-order valence-corrected chi connectivity index (χ4v) is 3.45. The summed E-state index contributed by atoms with van der Waals surface area (Å²) in [6.45, 7) is 2.02. The Labute approximate surface area is 174 Å². The number of nitriles is 1. The summed E-state index contributed by atoms with van der Waals surface area (Å²) < 4.78 is 16.1. The quantitative estimate of drug-likeness (QED) is 0.460. The van der Waals surface area contributed by atoms with Crippen LogP contribution in [0.4, 0.5) is 16.2 Å². The van der Waals surface area contributed by atoms with Gasteiger partial charge in [0.1, 0.15) is 16.2 Å². The van der Waals surface area contributed by atoms with Crippen molar-refractivity contribution in [3.05, 3.63) is 64.5 Å². The van der Waals surface area contributed by atoms with Crippen LogP contribution in [0.2, 0.25) is 0 Å². The lowest BCUT2D eigenvalue weighted by molar-refractivity contribution is 0.627. The summed E-state index contributed by atoms with van der Waals surface area (Å²) >= 11 is 3.40. The van der Waals surface area contributed by atoms with E-state index in [2.05, 4.69) is 35.9 Å². The van der Waals surface area contributed by atoms with E-state index in [0.717, 1.165) is 17.9 Å². The van der Waals surface area contributed by atoms with Gasteiger partial charge in [-0.3, -0.25) is 9.30 Å². The zero-order valence-electron chi connectivity index (χ0n) is 15.6. The van der Waals surface area contributed by atoms with Crippen molar-refractivity contribution in [1.82, 2.24) is 24.3 Å². The highest BCUT2D eigenvalue weighted by atomic mass is 79.9. The molecular formula is C20H15BrFN7. The number of aryl methyl sites for hydroxylation is 1. The van der Waals surface area contributed by atoms with E-state index in [-0.39, 0.29) is 5.56 Å². The number of hydrogen-bond donors (Lipinski definition) is 0. The maximum atomic E-state index is 13.5. The van der Waals surface area contributed by atoms with Crippen LogP contribution >= 0.6 is 15.9 Å². The Morgan fingerprint density at radius 3 is 2.83 bits per heavy atom. The second kappa shape index (κ2) is 7.56. The van der Waals surface area contributed by atoms with E-state index in [4.69, 9.17) is 0 Å². The molecule has 9 heteroatoms. The predicted molar refractivity (Wildman–Crippen MR) is 110 cm³/mol. The highest BCUT2D eigenvalue weighted by Gasteiger charge is 2.19. The Bertz CT molecular complexity index is 1260. The van der Waals surface area contributed by atoms with E-state index < -0.39 is 5.82 Å². The predicted octanol–water partition coefficient (Wildman–Crippen LogP) is 4.29. The Kier molecular flexibility index (Phi) is 4.94. The van der Waals surface area contributed by atoms with Crippen LogP contribution < -0.4 is 4.90 Å². The van der Waals surface area contributed by atoms with Gasteiger partial charge in [0.15, 0.2) is 5.65 Å². The molecular weight excluding hydrogens is 437 g/mol. The molecule has 4 rings (SSSR count). The number of nitrogens with zero attached hydrogens (tertiary/aromatic N) is 7. The minimum absolute atomic E-state index is 0.219. The summed E-state index contributed by atoms with van der Waals surface area (Å²) in [6.07, 6.45) is 5.86. The number of rotatable bonds is 4.